The smallest absolute Gasteiger partial charge is 0.332 e. The summed E-state index contributed by atoms with van der Waals surface area (Å²) in [5.41, 5.74) is 1.48. The first-order chi connectivity index (χ1) is 20.4. The molecule has 1 saturated carbocycles. The molecule has 9 heteroatoms. The zero-order valence-corrected chi connectivity index (χ0v) is 24.0. The molecule has 1 aliphatic carbocycles. The SMILES string of the molecule is COc1ccccc1CNC(=O)c1ccc(Cn2c(=O)c3ccccc3n(CC(=O)N(C)C3CCCCC3)c2=O)cc1. The highest BCUT2D eigenvalue weighted by Crippen LogP contribution is 2.22. The number of carbonyl (C=O) groups excluding carboxylic acids is 2. The van der Waals surface area contributed by atoms with E-state index in [2.05, 4.69) is 5.32 Å². The average Bonchev–Trinajstić information content (AvgIpc) is 3.04. The number of nitrogens with one attached hydrogen (secondary N) is 1. The topological polar surface area (TPSA) is 103 Å². The molecular weight excluding hydrogens is 532 g/mol. The third-order valence-corrected chi connectivity index (χ3v) is 8.13. The van der Waals surface area contributed by atoms with E-state index in [4.69, 9.17) is 4.74 Å². The molecule has 3 aromatic carbocycles. The summed E-state index contributed by atoms with van der Waals surface area (Å²) in [6, 6.07) is 21.3. The number of methoxy groups -OCH3 is 1. The third kappa shape index (κ3) is 6.15. The van der Waals surface area contributed by atoms with E-state index >= 15 is 0 Å². The molecule has 2 amide bonds. The number of likely N-dealkylation sites (N-methyl/N-ethyl adjacent to an activating group) is 1. The van der Waals surface area contributed by atoms with E-state index in [1.807, 2.05) is 24.3 Å². The molecule has 1 fully saturated rings. The Labute approximate surface area is 244 Å². The highest BCUT2D eigenvalue weighted by molar-refractivity contribution is 5.94. The maximum atomic E-state index is 13.7. The molecule has 0 saturated heterocycles. The molecule has 1 aromatic heterocycles. The van der Waals surface area contributed by atoms with Crippen molar-refractivity contribution in [1.29, 1.82) is 0 Å². The van der Waals surface area contributed by atoms with E-state index in [-0.39, 0.29) is 30.9 Å². The molecule has 0 spiro atoms. The second-order valence-electron chi connectivity index (χ2n) is 10.8. The monoisotopic (exact) mass is 568 g/mol. The number of hydrogen-bond acceptors (Lipinski definition) is 5. The normalized spacial score (nSPS) is 13.6. The lowest BCUT2D eigenvalue weighted by molar-refractivity contribution is -0.133. The van der Waals surface area contributed by atoms with Crippen molar-refractivity contribution in [3.63, 3.8) is 0 Å². The first kappa shape index (κ1) is 28.9. The second-order valence-corrected chi connectivity index (χ2v) is 10.8. The molecule has 1 aliphatic rings. The fourth-order valence-corrected chi connectivity index (χ4v) is 5.65. The molecule has 4 aromatic rings. The Balaban J connectivity index is 1.36. The van der Waals surface area contributed by atoms with Crippen LogP contribution in [0.1, 0.15) is 53.6 Å². The van der Waals surface area contributed by atoms with Crippen molar-refractivity contribution in [1.82, 2.24) is 19.4 Å². The maximum absolute atomic E-state index is 13.7. The first-order valence-electron chi connectivity index (χ1n) is 14.3. The molecule has 42 heavy (non-hydrogen) atoms. The van der Waals surface area contributed by atoms with Crippen molar-refractivity contribution in [2.75, 3.05) is 14.2 Å². The summed E-state index contributed by atoms with van der Waals surface area (Å²) in [5, 5.41) is 3.27. The lowest BCUT2D eigenvalue weighted by Crippen LogP contribution is -2.45. The molecule has 0 bridgehead atoms. The van der Waals surface area contributed by atoms with E-state index in [0.29, 0.717) is 34.3 Å². The fourth-order valence-electron chi connectivity index (χ4n) is 5.65. The predicted octanol–water partition coefficient (Wildman–Crippen LogP) is 3.94. The Hall–Kier alpha value is -4.66. The van der Waals surface area contributed by atoms with Gasteiger partial charge in [0.1, 0.15) is 12.3 Å². The van der Waals surface area contributed by atoms with E-state index in [9.17, 15) is 19.2 Å². The molecular formula is C33H36N4O5. The van der Waals surface area contributed by atoms with Gasteiger partial charge in [0.05, 0.1) is 24.6 Å². The highest BCUT2D eigenvalue weighted by Gasteiger charge is 2.24. The van der Waals surface area contributed by atoms with Gasteiger partial charge in [0, 0.05) is 30.8 Å². The standard InChI is InChI=1S/C33H36N4O5/c1-35(26-11-4-3-5-12-26)30(38)22-36-28-14-8-7-13-27(28)32(40)37(33(36)41)21-23-16-18-24(19-17-23)31(39)34-20-25-10-6-9-15-29(25)42-2/h6-10,13-19,26H,3-5,11-12,20-22H2,1-2H3,(H,34,39). The first-order valence-corrected chi connectivity index (χ1v) is 14.3. The highest BCUT2D eigenvalue weighted by atomic mass is 16.5. The Morgan fingerprint density at radius 1 is 0.905 bits per heavy atom. The van der Waals surface area contributed by atoms with Gasteiger partial charge in [0.15, 0.2) is 0 Å². The number of rotatable bonds is 9. The summed E-state index contributed by atoms with van der Waals surface area (Å²) in [5.74, 6) is 0.295. The Morgan fingerprint density at radius 3 is 2.33 bits per heavy atom. The maximum Gasteiger partial charge on any atom is 0.332 e. The van der Waals surface area contributed by atoms with Crippen molar-refractivity contribution in [2.45, 2.75) is 57.8 Å². The van der Waals surface area contributed by atoms with Gasteiger partial charge in [-0.3, -0.25) is 23.5 Å². The van der Waals surface area contributed by atoms with Crippen molar-refractivity contribution in [3.8, 4) is 5.75 Å². The van der Waals surface area contributed by atoms with Crippen LogP contribution in [0.3, 0.4) is 0 Å². The quantitative estimate of drug-likeness (QED) is 0.330. The lowest BCUT2D eigenvalue weighted by Gasteiger charge is -2.31. The van der Waals surface area contributed by atoms with Gasteiger partial charge in [-0.1, -0.05) is 61.7 Å². The number of para-hydroxylation sites is 2. The zero-order valence-electron chi connectivity index (χ0n) is 24.0. The lowest BCUT2D eigenvalue weighted by atomic mass is 9.94. The van der Waals surface area contributed by atoms with Crippen molar-refractivity contribution in [3.05, 3.63) is 110 Å². The molecule has 1 N–H and O–H groups in total. The van der Waals surface area contributed by atoms with Crippen LogP contribution in [0.2, 0.25) is 0 Å². The van der Waals surface area contributed by atoms with Crippen LogP contribution in [0, 0.1) is 0 Å². The van der Waals surface area contributed by atoms with Crippen molar-refractivity contribution < 1.29 is 14.3 Å². The van der Waals surface area contributed by atoms with Gasteiger partial charge in [-0.2, -0.15) is 0 Å². The number of ether oxygens (including phenoxy) is 1. The van der Waals surface area contributed by atoms with Gasteiger partial charge in [-0.25, -0.2) is 4.79 Å². The Kier molecular flexibility index (Phi) is 8.85. The second kappa shape index (κ2) is 12.9. The molecule has 1 heterocycles. The van der Waals surface area contributed by atoms with Crippen LogP contribution in [0.25, 0.3) is 10.9 Å². The van der Waals surface area contributed by atoms with Gasteiger partial charge >= 0.3 is 5.69 Å². The summed E-state index contributed by atoms with van der Waals surface area (Å²) in [4.78, 5) is 54.9. The van der Waals surface area contributed by atoms with Crippen LogP contribution in [0.15, 0.2) is 82.4 Å². The zero-order chi connectivity index (χ0) is 29.6. The average molecular weight is 569 g/mol. The van der Waals surface area contributed by atoms with E-state index in [0.717, 1.165) is 35.8 Å². The minimum atomic E-state index is -0.539. The van der Waals surface area contributed by atoms with Gasteiger partial charge in [-0.05, 0) is 48.7 Å². The van der Waals surface area contributed by atoms with Crippen LogP contribution < -0.4 is 21.3 Å². The number of carbonyl (C=O) groups is 2. The van der Waals surface area contributed by atoms with Crippen LogP contribution in [0.5, 0.6) is 5.75 Å². The third-order valence-electron chi connectivity index (χ3n) is 8.13. The van der Waals surface area contributed by atoms with E-state index in [1.54, 1.807) is 67.6 Å². The molecule has 0 aliphatic heterocycles. The largest absolute Gasteiger partial charge is 0.496 e. The summed E-state index contributed by atoms with van der Waals surface area (Å²) in [6.45, 7) is 0.182. The Morgan fingerprint density at radius 2 is 1.60 bits per heavy atom. The summed E-state index contributed by atoms with van der Waals surface area (Å²) >= 11 is 0. The summed E-state index contributed by atoms with van der Waals surface area (Å²) in [7, 11) is 3.39. The molecule has 5 rings (SSSR count). The molecule has 0 unspecified atom stereocenters. The number of aromatic nitrogens is 2. The van der Waals surface area contributed by atoms with Crippen LogP contribution >= 0.6 is 0 Å². The van der Waals surface area contributed by atoms with E-state index < -0.39 is 11.2 Å². The number of amides is 2. The van der Waals surface area contributed by atoms with E-state index in [1.165, 1.54) is 11.0 Å². The predicted molar refractivity (Wildman–Crippen MR) is 162 cm³/mol. The Bertz CT molecular complexity index is 1700. The van der Waals surface area contributed by atoms with Crippen LogP contribution in [-0.4, -0.2) is 46.0 Å². The summed E-state index contributed by atoms with van der Waals surface area (Å²) < 4.78 is 7.90. The molecule has 9 nitrogen and oxygen atoms in total. The number of fused-ring (bicyclic) bond motifs is 1. The van der Waals surface area contributed by atoms with Gasteiger partial charge < -0.3 is 15.0 Å². The molecule has 0 radical (unpaired) electrons. The number of hydrogen-bond donors (Lipinski definition) is 1. The van der Waals surface area contributed by atoms with Gasteiger partial charge in [0.2, 0.25) is 5.91 Å². The van der Waals surface area contributed by atoms with Crippen molar-refractivity contribution in [2.24, 2.45) is 0 Å². The van der Waals surface area contributed by atoms with Crippen molar-refractivity contribution >= 4 is 22.7 Å². The summed E-state index contributed by atoms with van der Waals surface area (Å²) in [6.07, 6.45) is 5.30. The van der Waals surface area contributed by atoms with Crippen LogP contribution in [0.4, 0.5) is 0 Å². The van der Waals surface area contributed by atoms with Gasteiger partial charge in [-0.15, -0.1) is 0 Å². The van der Waals surface area contributed by atoms with Crippen LogP contribution in [-0.2, 0) is 24.4 Å². The molecule has 218 valence electrons. The minimum absolute atomic E-state index is 0.0122. The number of nitrogens with zero attached hydrogens (tertiary/aromatic N) is 3. The fraction of sp³-hybridized carbons (Fsp3) is 0.333. The minimum Gasteiger partial charge on any atom is -0.496 e. The van der Waals surface area contributed by atoms with Gasteiger partial charge in [0.25, 0.3) is 11.5 Å². The number of benzene rings is 3. The molecule has 0 atom stereocenters.